The van der Waals surface area contributed by atoms with Crippen LogP contribution in [0.25, 0.3) is 0 Å². The standard InChI is InChI=1S/C15H16FN3O/c1-9-3-4-11(7-18-9)8-19-15(20)12-5-13(16)10(2)14(17)6-12/h3-7H,8,17H2,1-2H3,(H,19,20). The van der Waals surface area contributed by atoms with Gasteiger partial charge >= 0.3 is 0 Å². The van der Waals surface area contributed by atoms with Crippen LogP contribution in [0.3, 0.4) is 0 Å². The molecule has 0 aliphatic rings. The Morgan fingerprint density at radius 1 is 1.35 bits per heavy atom. The molecule has 0 unspecified atom stereocenters. The maximum absolute atomic E-state index is 13.5. The minimum atomic E-state index is -0.479. The maximum Gasteiger partial charge on any atom is 0.251 e. The van der Waals surface area contributed by atoms with Crippen LogP contribution in [0.15, 0.2) is 30.5 Å². The van der Waals surface area contributed by atoms with Crippen molar-refractivity contribution < 1.29 is 9.18 Å². The smallest absolute Gasteiger partial charge is 0.251 e. The third-order valence-electron chi connectivity index (χ3n) is 3.07. The molecule has 0 spiro atoms. The molecule has 2 rings (SSSR count). The summed E-state index contributed by atoms with van der Waals surface area (Å²) >= 11 is 0. The largest absolute Gasteiger partial charge is 0.398 e. The highest BCUT2D eigenvalue weighted by Gasteiger charge is 2.10. The highest BCUT2D eigenvalue weighted by molar-refractivity contribution is 5.95. The molecule has 0 aliphatic carbocycles. The molecule has 1 aromatic heterocycles. The lowest BCUT2D eigenvalue weighted by Gasteiger charge is -2.08. The van der Waals surface area contributed by atoms with Gasteiger partial charge < -0.3 is 11.1 Å². The zero-order chi connectivity index (χ0) is 14.7. The van der Waals surface area contributed by atoms with Crippen LogP contribution >= 0.6 is 0 Å². The van der Waals surface area contributed by atoms with Crippen molar-refractivity contribution >= 4 is 11.6 Å². The third kappa shape index (κ3) is 3.12. The van der Waals surface area contributed by atoms with Crippen molar-refractivity contribution in [1.82, 2.24) is 10.3 Å². The Morgan fingerprint density at radius 2 is 2.10 bits per heavy atom. The van der Waals surface area contributed by atoms with E-state index in [1.165, 1.54) is 12.1 Å². The Kier molecular flexibility index (Phi) is 3.98. The summed E-state index contributed by atoms with van der Waals surface area (Å²) in [7, 11) is 0. The van der Waals surface area contributed by atoms with Gasteiger partial charge in [0.25, 0.3) is 5.91 Å². The number of aromatic nitrogens is 1. The fourth-order valence-electron chi connectivity index (χ4n) is 1.72. The van der Waals surface area contributed by atoms with Crippen molar-refractivity contribution in [2.75, 3.05) is 5.73 Å². The fourth-order valence-corrected chi connectivity index (χ4v) is 1.72. The lowest BCUT2D eigenvalue weighted by molar-refractivity contribution is 0.0950. The predicted molar refractivity (Wildman–Crippen MR) is 75.7 cm³/mol. The van der Waals surface area contributed by atoms with Gasteiger partial charge in [0.05, 0.1) is 0 Å². The highest BCUT2D eigenvalue weighted by Crippen LogP contribution is 2.17. The molecule has 3 N–H and O–H groups in total. The van der Waals surface area contributed by atoms with Crippen LogP contribution in [0, 0.1) is 19.7 Å². The van der Waals surface area contributed by atoms with E-state index in [-0.39, 0.29) is 17.2 Å². The van der Waals surface area contributed by atoms with Crippen LogP contribution in [0.5, 0.6) is 0 Å². The molecular weight excluding hydrogens is 257 g/mol. The first-order valence-corrected chi connectivity index (χ1v) is 6.22. The molecule has 0 aliphatic heterocycles. The lowest BCUT2D eigenvalue weighted by atomic mass is 10.1. The Labute approximate surface area is 116 Å². The number of anilines is 1. The third-order valence-corrected chi connectivity index (χ3v) is 3.07. The molecule has 0 fully saturated rings. The molecule has 0 radical (unpaired) electrons. The van der Waals surface area contributed by atoms with E-state index in [1.54, 1.807) is 13.1 Å². The quantitative estimate of drug-likeness (QED) is 0.843. The molecule has 20 heavy (non-hydrogen) atoms. The Morgan fingerprint density at radius 3 is 2.70 bits per heavy atom. The summed E-state index contributed by atoms with van der Waals surface area (Å²) in [6.45, 7) is 3.80. The molecule has 1 amide bonds. The highest BCUT2D eigenvalue weighted by atomic mass is 19.1. The number of nitrogens with one attached hydrogen (secondary N) is 1. The molecule has 0 bridgehead atoms. The van der Waals surface area contributed by atoms with Crippen molar-refractivity contribution in [3.05, 3.63) is 58.7 Å². The van der Waals surface area contributed by atoms with E-state index in [9.17, 15) is 9.18 Å². The summed E-state index contributed by atoms with van der Waals surface area (Å²) in [4.78, 5) is 16.1. The fraction of sp³-hybridized carbons (Fsp3) is 0.200. The van der Waals surface area contributed by atoms with Gasteiger partial charge in [-0.1, -0.05) is 6.07 Å². The number of nitrogens with zero attached hydrogens (tertiary/aromatic N) is 1. The zero-order valence-corrected chi connectivity index (χ0v) is 11.4. The van der Waals surface area contributed by atoms with Gasteiger partial charge in [-0.2, -0.15) is 0 Å². The van der Waals surface area contributed by atoms with Gasteiger partial charge in [-0.05, 0) is 37.6 Å². The summed E-state index contributed by atoms with van der Waals surface area (Å²) in [6.07, 6.45) is 1.69. The Hall–Kier alpha value is -2.43. The summed E-state index contributed by atoms with van der Waals surface area (Å²) < 4.78 is 13.5. The SMILES string of the molecule is Cc1ccc(CNC(=O)c2cc(N)c(C)c(F)c2)cn1. The topological polar surface area (TPSA) is 68.0 Å². The van der Waals surface area contributed by atoms with Crippen molar-refractivity contribution in [3.8, 4) is 0 Å². The molecule has 5 heteroatoms. The lowest BCUT2D eigenvalue weighted by Crippen LogP contribution is -2.23. The molecule has 4 nitrogen and oxygen atoms in total. The maximum atomic E-state index is 13.5. The van der Waals surface area contributed by atoms with Gasteiger partial charge in [-0.25, -0.2) is 4.39 Å². The first-order chi connectivity index (χ1) is 9.47. The van der Waals surface area contributed by atoms with Crippen LogP contribution in [-0.4, -0.2) is 10.9 Å². The second-order valence-corrected chi connectivity index (χ2v) is 4.66. The summed E-state index contributed by atoms with van der Waals surface area (Å²) in [5.41, 5.74) is 8.28. The van der Waals surface area contributed by atoms with E-state index in [0.29, 0.717) is 12.1 Å². The summed E-state index contributed by atoms with van der Waals surface area (Å²) in [6, 6.07) is 6.41. The number of benzene rings is 1. The molecule has 2 aromatic rings. The van der Waals surface area contributed by atoms with Gasteiger partial charge in [0.1, 0.15) is 5.82 Å². The number of aryl methyl sites for hydroxylation is 1. The number of nitrogen functional groups attached to an aromatic ring is 1. The van der Waals surface area contributed by atoms with Crippen LogP contribution in [0.2, 0.25) is 0 Å². The Balaban J connectivity index is 2.07. The molecule has 0 atom stereocenters. The van der Waals surface area contributed by atoms with E-state index in [4.69, 9.17) is 5.73 Å². The van der Waals surface area contributed by atoms with Gasteiger partial charge in [0.15, 0.2) is 0 Å². The number of pyridine rings is 1. The first-order valence-electron chi connectivity index (χ1n) is 6.22. The molecule has 0 saturated heterocycles. The van der Waals surface area contributed by atoms with E-state index >= 15 is 0 Å². The van der Waals surface area contributed by atoms with E-state index < -0.39 is 5.82 Å². The van der Waals surface area contributed by atoms with Crippen LogP contribution in [-0.2, 0) is 6.54 Å². The van der Waals surface area contributed by atoms with Crippen molar-refractivity contribution in [2.24, 2.45) is 0 Å². The molecule has 104 valence electrons. The van der Waals surface area contributed by atoms with Crippen molar-refractivity contribution in [2.45, 2.75) is 20.4 Å². The van der Waals surface area contributed by atoms with Gasteiger partial charge in [-0.3, -0.25) is 9.78 Å². The Bertz CT molecular complexity index is 615. The second-order valence-electron chi connectivity index (χ2n) is 4.66. The van der Waals surface area contributed by atoms with Crippen LogP contribution in [0.4, 0.5) is 10.1 Å². The predicted octanol–water partition coefficient (Wildman–Crippen LogP) is 2.35. The minimum absolute atomic E-state index is 0.214. The minimum Gasteiger partial charge on any atom is -0.398 e. The monoisotopic (exact) mass is 273 g/mol. The number of nitrogens with two attached hydrogens (primary N) is 1. The second kappa shape index (κ2) is 5.69. The average molecular weight is 273 g/mol. The average Bonchev–Trinajstić information content (AvgIpc) is 2.43. The van der Waals surface area contributed by atoms with Gasteiger partial charge in [-0.15, -0.1) is 0 Å². The van der Waals surface area contributed by atoms with Gasteiger partial charge in [0, 0.05) is 35.2 Å². The number of rotatable bonds is 3. The molecular formula is C15H16FN3O. The number of carbonyl (C=O) groups is 1. The molecule has 1 aromatic carbocycles. The van der Waals surface area contributed by atoms with Crippen LogP contribution in [0.1, 0.15) is 27.2 Å². The number of hydrogen-bond donors (Lipinski definition) is 2. The normalized spacial score (nSPS) is 10.3. The van der Waals surface area contributed by atoms with Gasteiger partial charge in [0.2, 0.25) is 0 Å². The number of amides is 1. The summed E-state index contributed by atoms with van der Waals surface area (Å²) in [5.74, 6) is -0.844. The zero-order valence-electron chi connectivity index (χ0n) is 11.4. The number of halogens is 1. The first kappa shape index (κ1) is 14.0. The van der Waals surface area contributed by atoms with E-state index in [2.05, 4.69) is 10.3 Å². The number of carbonyl (C=O) groups excluding carboxylic acids is 1. The number of hydrogen-bond acceptors (Lipinski definition) is 3. The molecule has 0 saturated carbocycles. The van der Waals surface area contributed by atoms with Crippen molar-refractivity contribution in [1.29, 1.82) is 0 Å². The van der Waals surface area contributed by atoms with E-state index in [0.717, 1.165) is 11.3 Å². The van der Waals surface area contributed by atoms with E-state index in [1.807, 2.05) is 19.1 Å². The molecule has 1 heterocycles. The van der Waals surface area contributed by atoms with Crippen molar-refractivity contribution in [3.63, 3.8) is 0 Å². The summed E-state index contributed by atoms with van der Waals surface area (Å²) in [5, 5.41) is 2.71. The van der Waals surface area contributed by atoms with Crippen LogP contribution < -0.4 is 11.1 Å².